The van der Waals surface area contributed by atoms with E-state index in [1.165, 1.54) is 24.3 Å². The fourth-order valence-corrected chi connectivity index (χ4v) is 1.90. The van der Waals surface area contributed by atoms with Crippen LogP contribution in [0.4, 0.5) is 5.69 Å². The van der Waals surface area contributed by atoms with Crippen molar-refractivity contribution >= 4 is 17.3 Å². The van der Waals surface area contributed by atoms with E-state index in [-0.39, 0.29) is 34.4 Å². The fraction of sp³-hybridized carbons (Fsp3) is 0.0714. The van der Waals surface area contributed by atoms with Gasteiger partial charge in [-0.1, -0.05) is 17.7 Å². The van der Waals surface area contributed by atoms with Crippen molar-refractivity contribution in [3.05, 3.63) is 62.7 Å². The molecule has 0 saturated heterocycles. The predicted molar refractivity (Wildman–Crippen MR) is 75.3 cm³/mol. The zero-order valence-corrected chi connectivity index (χ0v) is 11.4. The summed E-state index contributed by atoms with van der Waals surface area (Å²) in [5, 5.41) is 29.0. The number of nitrogens with zero attached hydrogens (tertiary/aromatic N) is 2. The highest BCUT2D eigenvalue weighted by Crippen LogP contribution is 2.35. The van der Waals surface area contributed by atoms with Gasteiger partial charge >= 0.3 is 5.69 Å². The van der Waals surface area contributed by atoms with E-state index in [2.05, 4.69) is 0 Å². The third-order valence-corrected chi connectivity index (χ3v) is 2.98. The van der Waals surface area contributed by atoms with Crippen molar-refractivity contribution in [1.82, 2.24) is 0 Å². The Morgan fingerprint density at radius 2 is 2.00 bits per heavy atom. The number of nitro groups is 1. The zero-order chi connectivity index (χ0) is 15.4. The Morgan fingerprint density at radius 3 is 2.57 bits per heavy atom. The second-order valence-corrected chi connectivity index (χ2v) is 4.48. The quantitative estimate of drug-likeness (QED) is 0.689. The molecular weight excluding hydrogens is 296 g/mol. The van der Waals surface area contributed by atoms with Gasteiger partial charge in [0.15, 0.2) is 0 Å². The standard InChI is InChI=1S/C14H9ClN2O4/c15-11-5-10(8-18)2-3-13(11)21-14-4-1-9(7-16)6-12(14)17(19)20/h1-6,18H,8H2. The summed E-state index contributed by atoms with van der Waals surface area (Å²) in [6.07, 6.45) is 0. The van der Waals surface area contributed by atoms with Gasteiger partial charge in [0.25, 0.3) is 0 Å². The molecule has 0 fully saturated rings. The van der Waals surface area contributed by atoms with Gasteiger partial charge in [0, 0.05) is 6.07 Å². The van der Waals surface area contributed by atoms with Crippen molar-refractivity contribution in [2.45, 2.75) is 6.61 Å². The molecule has 21 heavy (non-hydrogen) atoms. The SMILES string of the molecule is N#Cc1ccc(Oc2ccc(CO)cc2Cl)c([N+](=O)[O-])c1. The van der Waals surface area contributed by atoms with Crippen LogP contribution in [0.15, 0.2) is 36.4 Å². The minimum atomic E-state index is -0.633. The Morgan fingerprint density at radius 1 is 1.29 bits per heavy atom. The van der Waals surface area contributed by atoms with Crippen LogP contribution in [0.2, 0.25) is 5.02 Å². The third-order valence-electron chi connectivity index (χ3n) is 2.68. The minimum Gasteiger partial charge on any atom is -0.449 e. The summed E-state index contributed by atoms with van der Waals surface area (Å²) < 4.78 is 5.44. The lowest BCUT2D eigenvalue weighted by Gasteiger charge is -2.09. The summed E-state index contributed by atoms with van der Waals surface area (Å²) in [5.41, 5.74) is 0.439. The first kappa shape index (κ1) is 14.8. The average molecular weight is 305 g/mol. The van der Waals surface area contributed by atoms with Gasteiger partial charge in [0.2, 0.25) is 5.75 Å². The van der Waals surface area contributed by atoms with E-state index in [0.29, 0.717) is 5.56 Å². The number of nitriles is 1. The molecule has 6 nitrogen and oxygen atoms in total. The maximum absolute atomic E-state index is 11.0. The molecule has 7 heteroatoms. The van der Waals surface area contributed by atoms with E-state index in [4.69, 9.17) is 26.7 Å². The smallest absolute Gasteiger partial charge is 0.312 e. The Hall–Kier alpha value is -2.62. The fourth-order valence-electron chi connectivity index (χ4n) is 1.66. The van der Waals surface area contributed by atoms with Crippen molar-refractivity contribution in [2.24, 2.45) is 0 Å². The van der Waals surface area contributed by atoms with Crippen LogP contribution in [-0.4, -0.2) is 10.0 Å². The second-order valence-electron chi connectivity index (χ2n) is 4.08. The van der Waals surface area contributed by atoms with Crippen molar-refractivity contribution < 1.29 is 14.8 Å². The highest BCUT2D eigenvalue weighted by Gasteiger charge is 2.18. The summed E-state index contributed by atoms with van der Waals surface area (Å²) in [4.78, 5) is 10.4. The van der Waals surface area contributed by atoms with Gasteiger partial charge in [0.05, 0.1) is 28.2 Å². The van der Waals surface area contributed by atoms with Crippen LogP contribution in [-0.2, 0) is 6.61 Å². The molecule has 0 amide bonds. The molecule has 0 heterocycles. The lowest BCUT2D eigenvalue weighted by Crippen LogP contribution is -1.95. The molecular formula is C14H9ClN2O4. The molecule has 0 aromatic heterocycles. The normalized spacial score (nSPS) is 9.95. The summed E-state index contributed by atoms with van der Waals surface area (Å²) in [5.74, 6) is 0.208. The number of rotatable bonds is 4. The molecule has 2 rings (SSSR count). The highest BCUT2D eigenvalue weighted by atomic mass is 35.5. The summed E-state index contributed by atoms with van der Waals surface area (Å²) >= 11 is 5.99. The van der Waals surface area contributed by atoms with Gasteiger partial charge in [0.1, 0.15) is 5.75 Å². The maximum Gasteiger partial charge on any atom is 0.312 e. The monoisotopic (exact) mass is 304 g/mol. The molecule has 0 bridgehead atoms. The number of hydrogen-bond acceptors (Lipinski definition) is 5. The average Bonchev–Trinajstić information content (AvgIpc) is 2.49. The van der Waals surface area contributed by atoms with Crippen LogP contribution in [0.1, 0.15) is 11.1 Å². The molecule has 0 aliphatic rings. The molecule has 1 N–H and O–H groups in total. The van der Waals surface area contributed by atoms with Gasteiger partial charge in [-0.25, -0.2) is 0 Å². The van der Waals surface area contributed by atoms with Crippen molar-refractivity contribution in [1.29, 1.82) is 5.26 Å². The minimum absolute atomic E-state index is 0.0161. The number of hydrogen-bond donors (Lipinski definition) is 1. The van der Waals surface area contributed by atoms with Gasteiger partial charge in [-0.3, -0.25) is 10.1 Å². The van der Waals surface area contributed by atoms with E-state index < -0.39 is 4.92 Å². The van der Waals surface area contributed by atoms with Crippen LogP contribution in [0.5, 0.6) is 11.5 Å². The van der Waals surface area contributed by atoms with Crippen molar-refractivity contribution in [2.75, 3.05) is 0 Å². The number of benzene rings is 2. The topological polar surface area (TPSA) is 96.4 Å². The first-order valence-electron chi connectivity index (χ1n) is 5.81. The van der Waals surface area contributed by atoms with Gasteiger partial charge < -0.3 is 9.84 Å². The van der Waals surface area contributed by atoms with E-state index in [9.17, 15) is 10.1 Å². The molecule has 106 valence electrons. The number of halogens is 1. The third kappa shape index (κ3) is 3.28. The van der Waals surface area contributed by atoms with Gasteiger partial charge in [-0.2, -0.15) is 5.26 Å². The van der Waals surface area contributed by atoms with Crippen LogP contribution in [0.25, 0.3) is 0 Å². The number of nitro benzene ring substituents is 1. The largest absolute Gasteiger partial charge is 0.449 e. The van der Waals surface area contributed by atoms with Gasteiger partial charge in [-0.05, 0) is 29.8 Å². The second kappa shape index (κ2) is 6.22. The van der Waals surface area contributed by atoms with Crippen molar-refractivity contribution in [3.8, 4) is 17.6 Å². The van der Waals surface area contributed by atoms with Crippen LogP contribution in [0, 0.1) is 21.4 Å². The first-order valence-corrected chi connectivity index (χ1v) is 6.18. The van der Waals surface area contributed by atoms with Crippen LogP contribution >= 0.6 is 11.6 Å². The maximum atomic E-state index is 11.0. The molecule has 0 saturated carbocycles. The van der Waals surface area contributed by atoms with Crippen molar-refractivity contribution in [3.63, 3.8) is 0 Å². The molecule has 0 unspecified atom stereocenters. The lowest BCUT2D eigenvalue weighted by atomic mass is 10.2. The van der Waals surface area contributed by atoms with Crippen LogP contribution < -0.4 is 4.74 Å². The first-order chi connectivity index (χ1) is 10.0. The summed E-state index contributed by atoms with van der Waals surface area (Å²) in [7, 11) is 0. The van der Waals surface area contributed by atoms with E-state index in [1.807, 2.05) is 6.07 Å². The molecule has 2 aromatic carbocycles. The lowest BCUT2D eigenvalue weighted by molar-refractivity contribution is -0.385. The Kier molecular flexibility index (Phi) is 4.38. The Labute approximate surface area is 124 Å². The number of aliphatic hydroxyl groups is 1. The molecule has 0 spiro atoms. The summed E-state index contributed by atoms with van der Waals surface area (Å²) in [6, 6.07) is 10.3. The van der Waals surface area contributed by atoms with E-state index in [1.54, 1.807) is 6.07 Å². The summed E-state index contributed by atoms with van der Waals surface area (Å²) in [6.45, 7) is -0.170. The molecule has 0 atom stereocenters. The number of ether oxygens (including phenoxy) is 1. The Balaban J connectivity index is 2.40. The molecule has 0 aliphatic heterocycles. The van der Waals surface area contributed by atoms with Crippen LogP contribution in [0.3, 0.4) is 0 Å². The van der Waals surface area contributed by atoms with E-state index in [0.717, 1.165) is 6.07 Å². The molecule has 0 aliphatic carbocycles. The van der Waals surface area contributed by atoms with E-state index >= 15 is 0 Å². The highest BCUT2D eigenvalue weighted by molar-refractivity contribution is 6.32. The zero-order valence-electron chi connectivity index (χ0n) is 10.6. The molecule has 0 radical (unpaired) electrons. The molecule has 2 aromatic rings. The number of aliphatic hydroxyl groups excluding tert-OH is 1. The predicted octanol–water partition coefficient (Wildman–Crippen LogP) is 3.40. The Bertz CT molecular complexity index is 740. The van der Waals surface area contributed by atoms with Gasteiger partial charge in [-0.15, -0.1) is 0 Å².